The van der Waals surface area contributed by atoms with Crippen molar-refractivity contribution in [2.75, 3.05) is 5.32 Å². The van der Waals surface area contributed by atoms with Crippen LogP contribution in [0.25, 0.3) is 0 Å². The summed E-state index contributed by atoms with van der Waals surface area (Å²) in [5, 5.41) is 3.20. The highest BCUT2D eigenvalue weighted by molar-refractivity contribution is 6.31. The SMILES string of the molecule is CC(Nc1ccc(F)c(Cl)c1)c1cccc(F)c1. The summed E-state index contributed by atoms with van der Waals surface area (Å²) in [6, 6.07) is 10.6. The molecule has 2 aromatic rings. The normalized spacial score (nSPS) is 12.2. The highest BCUT2D eigenvalue weighted by Crippen LogP contribution is 2.24. The highest BCUT2D eigenvalue weighted by atomic mass is 35.5. The van der Waals surface area contributed by atoms with Crippen molar-refractivity contribution in [2.24, 2.45) is 0 Å². The quantitative estimate of drug-likeness (QED) is 0.843. The third kappa shape index (κ3) is 2.99. The summed E-state index contributed by atoms with van der Waals surface area (Å²) in [7, 11) is 0. The van der Waals surface area contributed by atoms with E-state index in [4.69, 9.17) is 11.6 Å². The second kappa shape index (κ2) is 5.36. The van der Waals surface area contributed by atoms with Gasteiger partial charge in [0, 0.05) is 11.7 Å². The Morgan fingerprint density at radius 1 is 1.11 bits per heavy atom. The van der Waals surface area contributed by atoms with Gasteiger partial charge in [0.25, 0.3) is 0 Å². The van der Waals surface area contributed by atoms with E-state index in [1.165, 1.54) is 24.3 Å². The van der Waals surface area contributed by atoms with Crippen LogP contribution in [0.3, 0.4) is 0 Å². The van der Waals surface area contributed by atoms with Gasteiger partial charge in [-0.1, -0.05) is 23.7 Å². The molecule has 0 radical (unpaired) electrons. The van der Waals surface area contributed by atoms with E-state index < -0.39 is 5.82 Å². The van der Waals surface area contributed by atoms with Crippen LogP contribution < -0.4 is 5.32 Å². The third-order valence-corrected chi connectivity index (χ3v) is 2.94. The van der Waals surface area contributed by atoms with Crippen LogP contribution in [0, 0.1) is 11.6 Å². The molecule has 2 rings (SSSR count). The van der Waals surface area contributed by atoms with Crippen LogP contribution >= 0.6 is 11.6 Å². The van der Waals surface area contributed by atoms with Gasteiger partial charge in [0.1, 0.15) is 11.6 Å². The molecule has 4 heteroatoms. The summed E-state index contributed by atoms with van der Waals surface area (Å²) in [6.45, 7) is 1.89. The Morgan fingerprint density at radius 3 is 2.56 bits per heavy atom. The molecule has 94 valence electrons. The molecule has 0 aliphatic rings. The van der Waals surface area contributed by atoms with Gasteiger partial charge in [-0.05, 0) is 42.8 Å². The van der Waals surface area contributed by atoms with Crippen LogP contribution in [-0.2, 0) is 0 Å². The molecule has 0 aliphatic heterocycles. The van der Waals surface area contributed by atoms with E-state index in [1.54, 1.807) is 12.1 Å². The first kappa shape index (κ1) is 12.8. The Morgan fingerprint density at radius 2 is 1.89 bits per heavy atom. The summed E-state index contributed by atoms with van der Waals surface area (Å²) in [5.41, 5.74) is 1.51. The van der Waals surface area contributed by atoms with Crippen molar-refractivity contribution < 1.29 is 8.78 Å². The van der Waals surface area contributed by atoms with E-state index >= 15 is 0 Å². The topological polar surface area (TPSA) is 12.0 Å². The lowest BCUT2D eigenvalue weighted by molar-refractivity contribution is 0.623. The highest BCUT2D eigenvalue weighted by Gasteiger charge is 2.07. The number of hydrogen-bond donors (Lipinski definition) is 1. The number of nitrogens with one attached hydrogen (secondary N) is 1. The van der Waals surface area contributed by atoms with Crippen LogP contribution in [0.1, 0.15) is 18.5 Å². The van der Waals surface area contributed by atoms with E-state index in [-0.39, 0.29) is 16.9 Å². The fourth-order valence-corrected chi connectivity index (χ4v) is 1.88. The summed E-state index contributed by atoms with van der Waals surface area (Å²) in [5.74, 6) is -0.737. The van der Waals surface area contributed by atoms with Crippen molar-refractivity contribution in [3.8, 4) is 0 Å². The smallest absolute Gasteiger partial charge is 0.141 e. The third-order valence-electron chi connectivity index (χ3n) is 2.65. The van der Waals surface area contributed by atoms with Gasteiger partial charge in [-0.25, -0.2) is 8.78 Å². The molecular formula is C14H12ClF2N. The molecule has 0 saturated carbocycles. The molecule has 1 atom stereocenters. The summed E-state index contributed by atoms with van der Waals surface area (Å²) in [6.07, 6.45) is 0. The van der Waals surface area contributed by atoms with Crippen molar-refractivity contribution in [1.82, 2.24) is 0 Å². The minimum absolute atomic E-state index is 0.0615. The molecule has 18 heavy (non-hydrogen) atoms. The molecule has 0 saturated heterocycles. The first-order chi connectivity index (χ1) is 8.56. The van der Waals surface area contributed by atoms with Gasteiger partial charge >= 0.3 is 0 Å². The van der Waals surface area contributed by atoms with Crippen LogP contribution in [-0.4, -0.2) is 0 Å². The van der Waals surface area contributed by atoms with Gasteiger partial charge in [0.05, 0.1) is 5.02 Å². The van der Waals surface area contributed by atoms with E-state index in [9.17, 15) is 8.78 Å². The van der Waals surface area contributed by atoms with Gasteiger partial charge in [0.15, 0.2) is 0 Å². The molecular weight excluding hydrogens is 256 g/mol. The Labute approximate surface area is 109 Å². The predicted octanol–water partition coefficient (Wildman–Crippen LogP) is 4.79. The van der Waals surface area contributed by atoms with E-state index in [2.05, 4.69) is 5.32 Å². The number of benzene rings is 2. The van der Waals surface area contributed by atoms with Crippen molar-refractivity contribution >= 4 is 17.3 Å². The molecule has 0 amide bonds. The number of rotatable bonds is 3. The van der Waals surface area contributed by atoms with Gasteiger partial charge in [-0.15, -0.1) is 0 Å². The zero-order valence-corrected chi connectivity index (χ0v) is 10.5. The minimum atomic E-state index is -0.458. The zero-order valence-electron chi connectivity index (χ0n) is 9.75. The van der Waals surface area contributed by atoms with Crippen LogP contribution in [0.4, 0.5) is 14.5 Å². The molecule has 1 nitrogen and oxygen atoms in total. The van der Waals surface area contributed by atoms with E-state index in [0.717, 1.165) is 5.56 Å². The largest absolute Gasteiger partial charge is 0.378 e. The first-order valence-electron chi connectivity index (χ1n) is 5.53. The number of halogens is 3. The standard InChI is InChI=1S/C14H12ClF2N/c1-9(10-3-2-4-11(16)7-10)18-12-5-6-14(17)13(15)8-12/h2-9,18H,1H3. The monoisotopic (exact) mass is 267 g/mol. The van der Waals surface area contributed by atoms with Crippen molar-refractivity contribution in [3.63, 3.8) is 0 Å². The van der Waals surface area contributed by atoms with Crippen LogP contribution in [0.5, 0.6) is 0 Å². The fourth-order valence-electron chi connectivity index (χ4n) is 1.70. The van der Waals surface area contributed by atoms with E-state index in [1.807, 2.05) is 13.0 Å². The van der Waals surface area contributed by atoms with Gasteiger partial charge in [0.2, 0.25) is 0 Å². The fraction of sp³-hybridized carbons (Fsp3) is 0.143. The lowest BCUT2D eigenvalue weighted by atomic mass is 10.1. The molecule has 0 aromatic heterocycles. The molecule has 0 aliphatic carbocycles. The van der Waals surface area contributed by atoms with E-state index in [0.29, 0.717) is 5.69 Å². The lowest BCUT2D eigenvalue weighted by Crippen LogP contribution is -2.06. The Bertz CT molecular complexity index is 557. The predicted molar refractivity (Wildman–Crippen MR) is 69.8 cm³/mol. The van der Waals surface area contributed by atoms with Crippen molar-refractivity contribution in [2.45, 2.75) is 13.0 Å². The summed E-state index contributed by atoms with van der Waals surface area (Å²) < 4.78 is 26.1. The molecule has 0 heterocycles. The van der Waals surface area contributed by atoms with Crippen LogP contribution in [0.2, 0.25) is 5.02 Å². The number of anilines is 1. The maximum Gasteiger partial charge on any atom is 0.141 e. The minimum Gasteiger partial charge on any atom is -0.378 e. The molecule has 0 spiro atoms. The molecule has 0 bridgehead atoms. The lowest BCUT2D eigenvalue weighted by Gasteiger charge is -2.16. The molecule has 0 fully saturated rings. The maximum absolute atomic E-state index is 13.1. The Kier molecular flexibility index (Phi) is 3.82. The second-order valence-electron chi connectivity index (χ2n) is 4.05. The molecule has 2 aromatic carbocycles. The Hall–Kier alpha value is -1.61. The van der Waals surface area contributed by atoms with Crippen molar-refractivity contribution in [1.29, 1.82) is 0 Å². The van der Waals surface area contributed by atoms with Crippen molar-refractivity contribution in [3.05, 3.63) is 64.7 Å². The maximum atomic E-state index is 13.1. The van der Waals surface area contributed by atoms with Crippen LogP contribution in [0.15, 0.2) is 42.5 Å². The van der Waals surface area contributed by atoms with Gasteiger partial charge in [-0.2, -0.15) is 0 Å². The Balaban J connectivity index is 2.16. The number of hydrogen-bond acceptors (Lipinski definition) is 1. The molecule has 1 unspecified atom stereocenters. The summed E-state index contributed by atoms with van der Waals surface area (Å²) >= 11 is 5.69. The van der Waals surface area contributed by atoms with Gasteiger partial charge < -0.3 is 5.32 Å². The molecule has 1 N–H and O–H groups in total. The first-order valence-corrected chi connectivity index (χ1v) is 5.91. The average molecular weight is 268 g/mol. The van der Waals surface area contributed by atoms with Gasteiger partial charge in [-0.3, -0.25) is 0 Å². The average Bonchev–Trinajstić information content (AvgIpc) is 2.34. The zero-order chi connectivity index (χ0) is 13.1. The second-order valence-corrected chi connectivity index (χ2v) is 4.46. The summed E-state index contributed by atoms with van der Waals surface area (Å²) in [4.78, 5) is 0.